The lowest BCUT2D eigenvalue weighted by atomic mass is 10.1. The van der Waals surface area contributed by atoms with Crippen LogP contribution in [0.1, 0.15) is 0 Å². The van der Waals surface area contributed by atoms with Crippen molar-refractivity contribution in [1.29, 1.82) is 0 Å². The van der Waals surface area contributed by atoms with Crippen molar-refractivity contribution in [3.05, 3.63) is 58.6 Å². The summed E-state index contributed by atoms with van der Waals surface area (Å²) in [5.74, 6) is 0. The molecule has 0 saturated heterocycles. The van der Waals surface area contributed by atoms with E-state index in [0.717, 1.165) is 5.56 Å². The van der Waals surface area contributed by atoms with Crippen LogP contribution in [0.5, 0.6) is 0 Å². The fraction of sp³-hybridized carbons (Fsp3) is 0. The van der Waals surface area contributed by atoms with Crippen molar-refractivity contribution in [2.24, 2.45) is 0 Å². The Labute approximate surface area is 107 Å². The topological polar surface area (TPSA) is 81.2 Å². The molecule has 0 fully saturated rings. The van der Waals surface area contributed by atoms with Crippen molar-refractivity contribution in [3.63, 3.8) is 0 Å². The van der Waals surface area contributed by atoms with Crippen molar-refractivity contribution in [2.75, 3.05) is 0 Å². The Morgan fingerprint density at radius 3 is 2.58 bits per heavy atom. The van der Waals surface area contributed by atoms with Crippen molar-refractivity contribution in [2.45, 2.75) is 0 Å². The van der Waals surface area contributed by atoms with Crippen LogP contribution >= 0.6 is 0 Å². The number of nitro benzene ring substituents is 1. The zero-order valence-electron chi connectivity index (χ0n) is 9.72. The molecule has 3 aromatic rings. The molecule has 1 aromatic heterocycles. The Morgan fingerprint density at radius 2 is 1.89 bits per heavy atom. The minimum Gasteiger partial charge on any atom is -0.411 e. The van der Waals surface area contributed by atoms with Crippen LogP contribution in [0.3, 0.4) is 0 Å². The molecule has 1 heterocycles. The molecule has 6 heteroatoms. The lowest BCUT2D eigenvalue weighted by Crippen LogP contribution is -1.93. The summed E-state index contributed by atoms with van der Waals surface area (Å²) >= 11 is 0. The van der Waals surface area contributed by atoms with Crippen LogP contribution in [0.2, 0.25) is 0 Å². The molecule has 6 nitrogen and oxygen atoms in total. The standard InChI is InChI=1S/C13H9N3O3/c17-15-12-8-10(16(18)19)6-7-11(12)13(14-15)9-4-2-1-3-5-9/h1-8,17H. The quantitative estimate of drug-likeness (QED) is 0.433. The monoisotopic (exact) mass is 255 g/mol. The first-order chi connectivity index (χ1) is 9.16. The van der Waals surface area contributed by atoms with Crippen LogP contribution < -0.4 is 0 Å². The van der Waals surface area contributed by atoms with Crippen molar-refractivity contribution >= 4 is 16.6 Å². The van der Waals surface area contributed by atoms with Crippen LogP contribution in [0.4, 0.5) is 5.69 Å². The highest BCUT2D eigenvalue weighted by Gasteiger charge is 2.15. The summed E-state index contributed by atoms with van der Waals surface area (Å²) in [6, 6.07) is 13.6. The van der Waals surface area contributed by atoms with Gasteiger partial charge in [-0.3, -0.25) is 10.1 Å². The van der Waals surface area contributed by atoms with Gasteiger partial charge in [0, 0.05) is 23.1 Å². The lowest BCUT2D eigenvalue weighted by molar-refractivity contribution is -0.384. The largest absolute Gasteiger partial charge is 0.411 e. The number of non-ortho nitro benzene ring substituents is 1. The number of hydrogen-bond acceptors (Lipinski definition) is 4. The molecular weight excluding hydrogens is 246 g/mol. The predicted octanol–water partition coefficient (Wildman–Crippen LogP) is 2.85. The second-order valence-electron chi connectivity index (χ2n) is 4.06. The predicted molar refractivity (Wildman–Crippen MR) is 69.0 cm³/mol. The first-order valence-electron chi connectivity index (χ1n) is 5.58. The summed E-state index contributed by atoms with van der Waals surface area (Å²) in [5.41, 5.74) is 1.66. The minimum atomic E-state index is -0.505. The minimum absolute atomic E-state index is 0.0812. The Bertz CT molecular complexity index is 765. The average Bonchev–Trinajstić information content (AvgIpc) is 2.77. The van der Waals surface area contributed by atoms with Crippen molar-refractivity contribution in [3.8, 4) is 11.3 Å². The van der Waals surface area contributed by atoms with Gasteiger partial charge in [0.1, 0.15) is 11.2 Å². The molecule has 0 saturated carbocycles. The fourth-order valence-corrected chi connectivity index (χ4v) is 2.01. The van der Waals surface area contributed by atoms with Gasteiger partial charge in [-0.1, -0.05) is 30.3 Å². The number of aromatic nitrogens is 2. The van der Waals surface area contributed by atoms with Gasteiger partial charge in [0.25, 0.3) is 5.69 Å². The second kappa shape index (κ2) is 4.09. The molecule has 0 aliphatic heterocycles. The molecule has 94 valence electrons. The molecule has 0 amide bonds. The van der Waals surface area contributed by atoms with Crippen LogP contribution in [-0.4, -0.2) is 20.1 Å². The number of rotatable bonds is 2. The third kappa shape index (κ3) is 1.79. The molecule has 0 unspecified atom stereocenters. The maximum atomic E-state index is 10.7. The summed E-state index contributed by atoms with van der Waals surface area (Å²) in [5, 5.41) is 25.1. The summed E-state index contributed by atoms with van der Waals surface area (Å²) in [4.78, 5) is 10.9. The van der Waals surface area contributed by atoms with Crippen LogP contribution in [0, 0.1) is 10.1 Å². The molecular formula is C13H9N3O3. The van der Waals surface area contributed by atoms with E-state index in [4.69, 9.17) is 0 Å². The summed E-state index contributed by atoms with van der Waals surface area (Å²) < 4.78 is 0. The second-order valence-corrected chi connectivity index (χ2v) is 4.06. The average molecular weight is 255 g/mol. The number of nitrogens with zero attached hydrogens (tertiary/aromatic N) is 3. The van der Waals surface area contributed by atoms with E-state index >= 15 is 0 Å². The highest BCUT2D eigenvalue weighted by molar-refractivity contribution is 5.94. The van der Waals surface area contributed by atoms with E-state index in [1.807, 2.05) is 30.3 Å². The zero-order chi connectivity index (χ0) is 13.4. The van der Waals surface area contributed by atoms with Gasteiger partial charge in [-0.2, -0.15) is 0 Å². The van der Waals surface area contributed by atoms with Crippen molar-refractivity contribution in [1.82, 2.24) is 9.94 Å². The summed E-state index contributed by atoms with van der Waals surface area (Å²) in [6.07, 6.45) is 0. The number of fused-ring (bicyclic) bond motifs is 1. The van der Waals surface area contributed by atoms with Crippen LogP contribution in [0.15, 0.2) is 48.5 Å². The maximum Gasteiger partial charge on any atom is 0.271 e. The number of hydrogen-bond donors (Lipinski definition) is 1. The molecule has 0 atom stereocenters. The van der Waals surface area contributed by atoms with Gasteiger partial charge in [0.15, 0.2) is 0 Å². The third-order valence-electron chi connectivity index (χ3n) is 2.90. The highest BCUT2D eigenvalue weighted by Crippen LogP contribution is 2.29. The van der Waals surface area contributed by atoms with E-state index in [1.54, 1.807) is 6.07 Å². The van der Waals surface area contributed by atoms with Crippen LogP contribution in [-0.2, 0) is 0 Å². The number of benzene rings is 2. The number of nitro groups is 1. The first kappa shape index (κ1) is 11.2. The van der Waals surface area contributed by atoms with Gasteiger partial charge >= 0.3 is 0 Å². The van der Waals surface area contributed by atoms with Crippen molar-refractivity contribution < 1.29 is 10.1 Å². The lowest BCUT2D eigenvalue weighted by Gasteiger charge is -1.96. The summed E-state index contributed by atoms with van der Waals surface area (Å²) in [6.45, 7) is 0. The molecule has 0 aliphatic carbocycles. The molecule has 1 N–H and O–H groups in total. The van der Waals surface area contributed by atoms with Gasteiger partial charge < -0.3 is 5.21 Å². The first-order valence-corrected chi connectivity index (χ1v) is 5.58. The smallest absolute Gasteiger partial charge is 0.271 e. The summed E-state index contributed by atoms with van der Waals surface area (Å²) in [7, 11) is 0. The van der Waals surface area contributed by atoms with Gasteiger partial charge in [-0.25, -0.2) is 0 Å². The Balaban J connectivity index is 2.26. The Hall–Kier alpha value is -2.89. The molecule has 0 spiro atoms. The third-order valence-corrected chi connectivity index (χ3v) is 2.90. The molecule has 0 bridgehead atoms. The van der Waals surface area contributed by atoms with E-state index in [-0.39, 0.29) is 5.69 Å². The fourth-order valence-electron chi connectivity index (χ4n) is 2.01. The van der Waals surface area contributed by atoms with Gasteiger partial charge in [0.2, 0.25) is 0 Å². The van der Waals surface area contributed by atoms with Gasteiger partial charge in [-0.05, 0) is 6.07 Å². The van der Waals surface area contributed by atoms with E-state index < -0.39 is 4.92 Å². The molecule has 19 heavy (non-hydrogen) atoms. The molecule has 0 radical (unpaired) electrons. The molecule has 3 rings (SSSR count). The van der Waals surface area contributed by atoms with E-state index in [0.29, 0.717) is 21.4 Å². The van der Waals surface area contributed by atoms with E-state index in [1.165, 1.54) is 12.1 Å². The van der Waals surface area contributed by atoms with Gasteiger partial charge in [-0.15, -0.1) is 9.94 Å². The van der Waals surface area contributed by atoms with E-state index in [2.05, 4.69) is 5.10 Å². The Kier molecular flexibility index (Phi) is 2.42. The zero-order valence-corrected chi connectivity index (χ0v) is 9.72. The molecule has 0 aliphatic rings. The highest BCUT2D eigenvalue weighted by atomic mass is 16.6. The van der Waals surface area contributed by atoms with Crippen LogP contribution in [0.25, 0.3) is 22.2 Å². The molecule has 2 aromatic carbocycles. The van der Waals surface area contributed by atoms with Gasteiger partial charge in [0.05, 0.1) is 4.92 Å². The maximum absolute atomic E-state index is 10.7. The Morgan fingerprint density at radius 1 is 1.16 bits per heavy atom. The SMILES string of the molecule is O=[N+]([O-])c1ccc2c(-c3ccccc3)nn(O)c2c1. The normalized spacial score (nSPS) is 10.7. The van der Waals surface area contributed by atoms with E-state index in [9.17, 15) is 15.3 Å².